The number of ether oxygens (including phenoxy) is 1. The van der Waals surface area contributed by atoms with Crippen LogP contribution in [0.2, 0.25) is 0 Å². The first kappa shape index (κ1) is 21.4. The highest BCUT2D eigenvalue weighted by Crippen LogP contribution is 2.33. The van der Waals surface area contributed by atoms with Crippen LogP contribution in [0.25, 0.3) is 33.5 Å². The number of amides is 1. The molecule has 1 aliphatic heterocycles. The maximum Gasteiger partial charge on any atom is 0.253 e. The molecule has 3 N–H and O–H groups in total. The van der Waals surface area contributed by atoms with Crippen molar-refractivity contribution in [2.45, 2.75) is 6.92 Å². The lowest BCUT2D eigenvalue weighted by atomic mass is 10.0. The number of carbonyl (C=O) groups is 1. The van der Waals surface area contributed by atoms with Crippen molar-refractivity contribution < 1.29 is 13.9 Å². The summed E-state index contributed by atoms with van der Waals surface area (Å²) in [4.78, 5) is 26.2. The van der Waals surface area contributed by atoms with Crippen molar-refractivity contribution in [2.24, 2.45) is 0 Å². The zero-order chi connectivity index (χ0) is 22.8. The number of nitrogens with zero attached hydrogens (tertiary/aromatic N) is 2. The van der Waals surface area contributed by atoms with Crippen LogP contribution in [-0.2, 0) is 4.74 Å². The molecule has 1 aliphatic rings. The summed E-state index contributed by atoms with van der Waals surface area (Å²) in [6.07, 6.45) is 3.53. The van der Waals surface area contributed by atoms with Crippen LogP contribution in [0.1, 0.15) is 15.9 Å². The molecular weight excluding hydrogens is 421 g/mol. The summed E-state index contributed by atoms with van der Waals surface area (Å²) >= 11 is 0. The Kier molecular flexibility index (Phi) is 5.93. The van der Waals surface area contributed by atoms with Crippen molar-refractivity contribution in [3.63, 3.8) is 0 Å². The number of H-pyrrole nitrogens is 2. The lowest BCUT2D eigenvalue weighted by Crippen LogP contribution is -2.41. The number of aryl methyl sites for hydroxylation is 1. The number of nitrogens with one attached hydrogen (secondary N) is 3. The Balaban J connectivity index is 1.48. The first-order chi connectivity index (χ1) is 16.1. The SMILES string of the molecule is Cc1ccc(-c2[nH]c(-c3ccnc4[nH]ccc34)cc2C(=O)NCCN2CCOCC2)c(F)c1. The Morgan fingerprint density at radius 2 is 2.03 bits per heavy atom. The van der Waals surface area contributed by atoms with Gasteiger partial charge in [-0.2, -0.15) is 0 Å². The minimum absolute atomic E-state index is 0.236. The van der Waals surface area contributed by atoms with Gasteiger partial charge in [-0.15, -0.1) is 0 Å². The number of carbonyl (C=O) groups excluding carboxylic acids is 1. The molecule has 1 amide bonds. The fourth-order valence-electron chi connectivity index (χ4n) is 4.26. The molecule has 8 heteroatoms. The van der Waals surface area contributed by atoms with Crippen LogP contribution in [0.15, 0.2) is 48.8 Å². The van der Waals surface area contributed by atoms with Crippen molar-refractivity contribution in [2.75, 3.05) is 39.4 Å². The molecule has 7 nitrogen and oxygen atoms in total. The molecule has 0 bridgehead atoms. The van der Waals surface area contributed by atoms with Gasteiger partial charge in [-0.3, -0.25) is 9.69 Å². The summed E-state index contributed by atoms with van der Waals surface area (Å²) in [5.41, 5.74) is 4.44. The minimum atomic E-state index is -0.368. The van der Waals surface area contributed by atoms with Crippen molar-refractivity contribution in [3.05, 3.63) is 65.7 Å². The Morgan fingerprint density at radius 1 is 1.18 bits per heavy atom. The van der Waals surface area contributed by atoms with E-state index in [-0.39, 0.29) is 11.7 Å². The average Bonchev–Trinajstić information content (AvgIpc) is 3.47. The predicted octanol–water partition coefficient (Wildman–Crippen LogP) is 3.73. The quantitative estimate of drug-likeness (QED) is 0.420. The Morgan fingerprint density at radius 3 is 2.85 bits per heavy atom. The molecule has 170 valence electrons. The normalized spacial score (nSPS) is 14.6. The Hall–Kier alpha value is -3.49. The van der Waals surface area contributed by atoms with Gasteiger partial charge in [0, 0.05) is 60.8 Å². The van der Waals surface area contributed by atoms with Crippen molar-refractivity contribution in [3.8, 4) is 22.5 Å². The third kappa shape index (κ3) is 4.40. The molecule has 0 radical (unpaired) electrons. The van der Waals surface area contributed by atoms with E-state index in [1.54, 1.807) is 18.3 Å². The topological polar surface area (TPSA) is 86.0 Å². The Labute approximate surface area is 191 Å². The van der Waals surface area contributed by atoms with Gasteiger partial charge >= 0.3 is 0 Å². The number of morpholine rings is 1. The minimum Gasteiger partial charge on any atom is -0.379 e. The summed E-state index contributed by atoms with van der Waals surface area (Å²) in [7, 11) is 0. The highest BCUT2D eigenvalue weighted by Gasteiger charge is 2.21. The molecule has 0 spiro atoms. The zero-order valence-electron chi connectivity index (χ0n) is 18.5. The molecule has 1 saturated heterocycles. The smallest absolute Gasteiger partial charge is 0.253 e. The van der Waals surface area contributed by atoms with Crippen LogP contribution in [0, 0.1) is 12.7 Å². The molecule has 33 heavy (non-hydrogen) atoms. The number of rotatable bonds is 6. The zero-order valence-corrected chi connectivity index (χ0v) is 18.5. The van der Waals surface area contributed by atoms with Gasteiger partial charge in [-0.25, -0.2) is 9.37 Å². The monoisotopic (exact) mass is 447 g/mol. The van der Waals surface area contributed by atoms with Gasteiger partial charge in [-0.05, 0) is 42.8 Å². The average molecular weight is 448 g/mol. The summed E-state index contributed by atoms with van der Waals surface area (Å²) in [5.74, 6) is -0.604. The van der Waals surface area contributed by atoms with Gasteiger partial charge < -0.3 is 20.0 Å². The number of benzene rings is 1. The van der Waals surface area contributed by atoms with Crippen LogP contribution in [0.4, 0.5) is 4.39 Å². The number of fused-ring (bicyclic) bond motifs is 1. The molecule has 1 aromatic carbocycles. The molecule has 0 unspecified atom stereocenters. The summed E-state index contributed by atoms with van der Waals surface area (Å²) in [6.45, 7) is 6.24. The molecular formula is C25H26FN5O2. The number of aromatic amines is 2. The van der Waals surface area contributed by atoms with E-state index in [1.807, 2.05) is 31.3 Å². The third-order valence-electron chi connectivity index (χ3n) is 6.02. The maximum atomic E-state index is 14.9. The largest absolute Gasteiger partial charge is 0.379 e. The van der Waals surface area contributed by atoms with Crippen molar-refractivity contribution in [1.82, 2.24) is 25.2 Å². The van der Waals surface area contributed by atoms with Crippen molar-refractivity contribution in [1.29, 1.82) is 0 Å². The summed E-state index contributed by atoms with van der Waals surface area (Å²) in [5, 5.41) is 3.93. The molecule has 0 aliphatic carbocycles. The standard InChI is InChI=1S/C25H26FN5O2/c1-16-2-3-19(21(26)14-16)23-20(25(32)29-8-9-31-10-12-33-13-11-31)15-22(30-23)17-4-6-27-24-18(17)5-7-28-24/h2-7,14-15,30H,8-13H2,1H3,(H,27,28)(H,29,32). The van der Waals surface area contributed by atoms with Crippen LogP contribution >= 0.6 is 0 Å². The fraction of sp³-hybridized carbons (Fsp3) is 0.280. The second-order valence-corrected chi connectivity index (χ2v) is 8.26. The van der Waals surface area contributed by atoms with E-state index in [0.29, 0.717) is 36.6 Å². The fourth-order valence-corrected chi connectivity index (χ4v) is 4.26. The molecule has 5 rings (SSSR count). The van der Waals surface area contributed by atoms with Crippen LogP contribution < -0.4 is 5.32 Å². The molecule has 3 aromatic heterocycles. The number of halogens is 1. The van der Waals surface area contributed by atoms with Crippen LogP contribution in [0.3, 0.4) is 0 Å². The second-order valence-electron chi connectivity index (χ2n) is 8.26. The highest BCUT2D eigenvalue weighted by atomic mass is 19.1. The van der Waals surface area contributed by atoms with E-state index in [4.69, 9.17) is 4.74 Å². The van der Waals surface area contributed by atoms with E-state index < -0.39 is 0 Å². The Bertz CT molecular complexity index is 1290. The van der Waals surface area contributed by atoms with Gasteiger partial charge in [0.2, 0.25) is 0 Å². The van der Waals surface area contributed by atoms with E-state index in [2.05, 4.69) is 25.2 Å². The molecule has 0 saturated carbocycles. The van der Waals surface area contributed by atoms with Crippen molar-refractivity contribution >= 4 is 16.9 Å². The van der Waals surface area contributed by atoms with Gasteiger partial charge in [0.15, 0.2) is 0 Å². The number of aromatic nitrogens is 3. The van der Waals surface area contributed by atoms with Gasteiger partial charge in [0.25, 0.3) is 5.91 Å². The van der Waals surface area contributed by atoms with E-state index >= 15 is 0 Å². The maximum absolute atomic E-state index is 14.9. The molecule has 4 aromatic rings. The number of pyridine rings is 1. The third-order valence-corrected chi connectivity index (χ3v) is 6.02. The first-order valence-corrected chi connectivity index (χ1v) is 11.1. The number of hydrogen-bond acceptors (Lipinski definition) is 4. The van der Waals surface area contributed by atoms with Crippen LogP contribution in [-0.4, -0.2) is 65.2 Å². The number of hydrogen-bond donors (Lipinski definition) is 3. The first-order valence-electron chi connectivity index (χ1n) is 11.1. The van der Waals surface area contributed by atoms with E-state index in [1.165, 1.54) is 6.07 Å². The van der Waals surface area contributed by atoms with Gasteiger partial charge in [0.1, 0.15) is 11.5 Å². The van der Waals surface area contributed by atoms with Gasteiger partial charge in [0.05, 0.1) is 24.5 Å². The lowest BCUT2D eigenvalue weighted by molar-refractivity contribution is 0.0383. The summed E-state index contributed by atoms with van der Waals surface area (Å²) < 4.78 is 20.3. The van der Waals surface area contributed by atoms with E-state index in [9.17, 15) is 9.18 Å². The highest BCUT2D eigenvalue weighted by molar-refractivity contribution is 6.03. The van der Waals surface area contributed by atoms with Crippen LogP contribution in [0.5, 0.6) is 0 Å². The second kappa shape index (κ2) is 9.17. The van der Waals surface area contributed by atoms with Gasteiger partial charge in [-0.1, -0.05) is 6.07 Å². The lowest BCUT2D eigenvalue weighted by Gasteiger charge is -2.26. The molecule has 0 atom stereocenters. The summed E-state index contributed by atoms with van der Waals surface area (Å²) in [6, 6.07) is 10.6. The predicted molar refractivity (Wildman–Crippen MR) is 126 cm³/mol. The molecule has 1 fully saturated rings. The molecule has 4 heterocycles. The van der Waals surface area contributed by atoms with E-state index in [0.717, 1.165) is 47.5 Å².